The van der Waals surface area contributed by atoms with Gasteiger partial charge in [0.2, 0.25) is 0 Å². The van der Waals surface area contributed by atoms with E-state index in [2.05, 4.69) is 9.99 Å². The van der Waals surface area contributed by atoms with E-state index in [1.807, 2.05) is 13.8 Å². The molecule has 0 aromatic heterocycles. The van der Waals surface area contributed by atoms with Gasteiger partial charge >= 0.3 is 0 Å². The van der Waals surface area contributed by atoms with Gasteiger partial charge in [0.1, 0.15) is 7.09 Å². The van der Waals surface area contributed by atoms with Crippen LogP contribution in [0.25, 0.3) is 0 Å². The van der Waals surface area contributed by atoms with Crippen LogP contribution < -0.4 is 0 Å². The summed E-state index contributed by atoms with van der Waals surface area (Å²) in [4.78, 5) is 4.35. The molecule has 0 aliphatic rings. The fraction of sp³-hybridized carbons (Fsp3) is 0.750. The van der Waals surface area contributed by atoms with Gasteiger partial charge in [0, 0.05) is 0 Å². The van der Waals surface area contributed by atoms with Gasteiger partial charge in [-0.3, -0.25) is 0 Å². The van der Waals surface area contributed by atoms with Gasteiger partial charge in [-0.15, -0.1) is 0 Å². The van der Waals surface area contributed by atoms with Crippen LogP contribution in [0.4, 0.5) is 0 Å². The number of nitrogens with zero attached hydrogens (tertiary/aromatic N) is 1. The van der Waals surface area contributed by atoms with E-state index >= 15 is 0 Å². The molecule has 0 bridgehead atoms. The minimum atomic E-state index is -0.0921. The van der Waals surface area contributed by atoms with E-state index in [4.69, 9.17) is 1.37 Å². The number of rotatable bonds is 1. The van der Waals surface area contributed by atoms with Crippen molar-refractivity contribution in [3.8, 4) is 0 Å². The van der Waals surface area contributed by atoms with Crippen molar-refractivity contribution >= 4 is 5.71 Å². The van der Waals surface area contributed by atoms with Crippen molar-refractivity contribution in [2.75, 3.05) is 7.09 Å². The second-order valence-corrected chi connectivity index (χ2v) is 1.17. The van der Waals surface area contributed by atoms with E-state index in [1.165, 1.54) is 0 Å². The molecule has 2 heteroatoms. The van der Waals surface area contributed by atoms with Crippen LogP contribution in [-0.2, 0) is 4.84 Å². The van der Waals surface area contributed by atoms with Crippen molar-refractivity contribution in [2.45, 2.75) is 13.8 Å². The van der Waals surface area contributed by atoms with Gasteiger partial charge in [0.15, 0.2) is 0 Å². The summed E-state index contributed by atoms with van der Waals surface area (Å²) in [5.41, 5.74) is 0.840. The number of hydrogen-bond donors (Lipinski definition) is 0. The van der Waals surface area contributed by atoms with E-state index in [9.17, 15) is 0 Å². The normalized spacial score (nSPS) is 9.33. The van der Waals surface area contributed by atoms with Crippen molar-refractivity contribution in [1.29, 1.82) is 0 Å². The van der Waals surface area contributed by atoms with Crippen molar-refractivity contribution in [1.82, 2.24) is 0 Å². The van der Waals surface area contributed by atoms with E-state index < -0.39 is 0 Å². The molecule has 0 radical (unpaired) electrons. The highest BCUT2D eigenvalue weighted by molar-refractivity contribution is 5.78. The first-order valence-electron chi connectivity index (χ1n) is 2.40. The van der Waals surface area contributed by atoms with Crippen molar-refractivity contribution in [3.05, 3.63) is 0 Å². The Kier molecular flexibility index (Phi) is 1.64. The smallest absolute Gasteiger partial charge is 0.106 e. The molecule has 2 nitrogen and oxygen atoms in total. The minimum Gasteiger partial charge on any atom is -0.399 e. The molecule has 0 aromatic rings. The highest BCUT2D eigenvalue weighted by atomic mass is 16.6. The quantitative estimate of drug-likeness (QED) is 0.346. The van der Waals surface area contributed by atoms with Crippen LogP contribution in [-0.4, -0.2) is 12.8 Å². The first-order chi connectivity index (χ1) is 3.27. The largest absolute Gasteiger partial charge is 0.399 e. The molecule has 6 heavy (non-hydrogen) atoms. The maximum absolute atomic E-state index is 6.47. The molecule has 0 unspecified atom stereocenters. The zero-order valence-corrected chi connectivity index (χ0v) is 4.06. The Balaban J connectivity index is 3.08. The molecule has 0 aliphatic carbocycles. The van der Waals surface area contributed by atoms with Crippen LogP contribution in [0.15, 0.2) is 5.16 Å². The van der Waals surface area contributed by atoms with Crippen molar-refractivity contribution in [2.24, 2.45) is 5.16 Å². The lowest BCUT2D eigenvalue weighted by atomic mass is 10.5. The molecule has 0 N–H and O–H groups in total. The topological polar surface area (TPSA) is 21.6 Å². The number of oxime groups is 1. The maximum Gasteiger partial charge on any atom is 0.106 e. The fourth-order valence-corrected chi connectivity index (χ4v) is 0.129. The molecule has 0 spiro atoms. The van der Waals surface area contributed by atoms with Gasteiger partial charge in [-0.25, -0.2) is 0 Å². The molecule has 0 aliphatic heterocycles. The Labute approximate surface area is 39.2 Å². The van der Waals surface area contributed by atoms with E-state index in [0.717, 1.165) is 5.71 Å². The van der Waals surface area contributed by atoms with E-state index in [0.29, 0.717) is 0 Å². The van der Waals surface area contributed by atoms with E-state index in [-0.39, 0.29) is 7.09 Å². The van der Waals surface area contributed by atoms with Crippen LogP contribution >= 0.6 is 0 Å². The molecule has 0 amide bonds. The molecule has 0 saturated carbocycles. The SMILES string of the molecule is [2H]CON=C(C)C. The summed E-state index contributed by atoms with van der Waals surface area (Å²) in [6, 6.07) is 0. The Hall–Kier alpha value is -0.530. The number of hydrogen-bond acceptors (Lipinski definition) is 2. The average molecular weight is 88.1 g/mol. The van der Waals surface area contributed by atoms with Crippen LogP contribution in [0.5, 0.6) is 0 Å². The lowest BCUT2D eigenvalue weighted by Gasteiger charge is -1.83. The highest BCUT2D eigenvalue weighted by Crippen LogP contribution is 1.71. The van der Waals surface area contributed by atoms with Gasteiger partial charge < -0.3 is 4.84 Å². The maximum atomic E-state index is 6.47. The minimum absolute atomic E-state index is 0.0921. The zero-order chi connectivity index (χ0) is 5.70. The van der Waals surface area contributed by atoms with Gasteiger partial charge in [0.25, 0.3) is 0 Å². The predicted molar refractivity (Wildman–Crippen MR) is 25.8 cm³/mol. The van der Waals surface area contributed by atoms with E-state index in [1.54, 1.807) is 0 Å². The van der Waals surface area contributed by atoms with Crippen molar-refractivity contribution < 1.29 is 6.21 Å². The van der Waals surface area contributed by atoms with Crippen LogP contribution in [0.2, 0.25) is 0 Å². The average Bonchev–Trinajstić information content (AvgIpc) is 1.61. The Bertz CT molecular complexity index is 68.1. The van der Waals surface area contributed by atoms with Gasteiger partial charge in [0.05, 0.1) is 7.08 Å². The molecule has 0 rings (SSSR count). The standard InChI is InChI=1S/C4H9NO/c1-4(2)5-6-3/h1-3H3/i3D. The summed E-state index contributed by atoms with van der Waals surface area (Å²) in [6.45, 7) is 3.63. The fourth-order valence-electron chi connectivity index (χ4n) is 0.129. The summed E-state index contributed by atoms with van der Waals surface area (Å²) >= 11 is 0. The lowest BCUT2D eigenvalue weighted by Crippen LogP contribution is -1.79. The third kappa shape index (κ3) is 3.47. The lowest BCUT2D eigenvalue weighted by molar-refractivity contribution is 0.213. The predicted octanol–water partition coefficient (Wildman–Crippen LogP) is 1.03. The summed E-state index contributed by atoms with van der Waals surface area (Å²) < 4.78 is 6.47. The van der Waals surface area contributed by atoms with Crippen LogP contribution in [0.3, 0.4) is 0 Å². The van der Waals surface area contributed by atoms with Crippen LogP contribution in [0.1, 0.15) is 15.2 Å². The van der Waals surface area contributed by atoms with Gasteiger partial charge in [-0.1, -0.05) is 5.16 Å². The second kappa shape index (κ2) is 2.69. The molecular weight excluding hydrogens is 78.0 g/mol. The Morgan fingerprint density at radius 3 is 2.67 bits per heavy atom. The Morgan fingerprint density at radius 2 is 2.50 bits per heavy atom. The first-order valence-corrected chi connectivity index (χ1v) is 1.69. The summed E-state index contributed by atoms with van der Waals surface area (Å²) in [7, 11) is -0.0921. The van der Waals surface area contributed by atoms with Gasteiger partial charge in [-0.2, -0.15) is 0 Å². The molecule has 0 aromatic carbocycles. The monoisotopic (exact) mass is 88.1 g/mol. The molecule has 0 atom stereocenters. The Morgan fingerprint density at radius 1 is 1.83 bits per heavy atom. The molecule has 36 valence electrons. The third-order valence-electron chi connectivity index (χ3n) is 0.247. The second-order valence-electron chi connectivity index (χ2n) is 1.17. The van der Waals surface area contributed by atoms with Crippen molar-refractivity contribution in [3.63, 3.8) is 0 Å². The zero-order valence-electron chi connectivity index (χ0n) is 5.06. The first kappa shape index (κ1) is 3.65. The van der Waals surface area contributed by atoms with Gasteiger partial charge in [-0.05, 0) is 13.8 Å². The molecule has 0 saturated heterocycles. The molecule has 0 heterocycles. The highest BCUT2D eigenvalue weighted by Gasteiger charge is 1.69. The third-order valence-corrected chi connectivity index (χ3v) is 0.247. The molecule has 0 fully saturated rings. The summed E-state index contributed by atoms with van der Waals surface area (Å²) in [5.74, 6) is 0. The van der Waals surface area contributed by atoms with Crippen LogP contribution in [0, 0.1) is 0 Å². The summed E-state index contributed by atoms with van der Waals surface area (Å²) in [5, 5.41) is 3.47. The summed E-state index contributed by atoms with van der Waals surface area (Å²) in [6.07, 6.45) is 0. The molecular formula is C4H9NO.